The zero-order valence-corrected chi connectivity index (χ0v) is 17.6. The summed E-state index contributed by atoms with van der Waals surface area (Å²) < 4.78 is 11.8. The lowest BCUT2D eigenvalue weighted by molar-refractivity contribution is -0.118. The van der Waals surface area contributed by atoms with E-state index in [-0.39, 0.29) is 11.5 Å². The lowest BCUT2D eigenvalue weighted by atomic mass is 10.1. The van der Waals surface area contributed by atoms with Crippen LogP contribution in [0.2, 0.25) is 0 Å². The number of hydrogen-bond donors (Lipinski definition) is 2. The van der Waals surface area contributed by atoms with E-state index in [0.717, 1.165) is 19.5 Å². The van der Waals surface area contributed by atoms with Crippen molar-refractivity contribution in [3.63, 3.8) is 0 Å². The summed E-state index contributed by atoms with van der Waals surface area (Å²) in [5.41, 5.74) is 1.72. The first-order chi connectivity index (χ1) is 14.6. The summed E-state index contributed by atoms with van der Waals surface area (Å²) in [6, 6.07) is 7.21. The molecule has 0 bridgehead atoms. The number of ether oxygens (including phenoxy) is 2. The number of benzene rings is 1. The molecule has 158 valence electrons. The third-order valence-electron chi connectivity index (χ3n) is 4.77. The normalized spacial score (nSPS) is 14.7. The summed E-state index contributed by atoms with van der Waals surface area (Å²) in [5.74, 6) is 0.932. The zero-order valence-electron chi connectivity index (χ0n) is 16.8. The van der Waals surface area contributed by atoms with Gasteiger partial charge in [0.15, 0.2) is 0 Å². The van der Waals surface area contributed by atoms with Crippen molar-refractivity contribution in [3.8, 4) is 17.1 Å². The Kier molecular flexibility index (Phi) is 6.41. The molecule has 0 radical (unpaired) electrons. The number of morpholine rings is 1. The van der Waals surface area contributed by atoms with E-state index in [1.807, 2.05) is 18.4 Å². The van der Waals surface area contributed by atoms with E-state index in [2.05, 4.69) is 20.2 Å². The largest absolute Gasteiger partial charge is 0.493 e. The van der Waals surface area contributed by atoms with Crippen LogP contribution in [0, 0.1) is 0 Å². The van der Waals surface area contributed by atoms with Gasteiger partial charge >= 0.3 is 0 Å². The minimum Gasteiger partial charge on any atom is -0.493 e. The molecule has 2 aromatic heterocycles. The van der Waals surface area contributed by atoms with Gasteiger partial charge in [0.05, 0.1) is 37.4 Å². The highest BCUT2D eigenvalue weighted by Crippen LogP contribution is 2.31. The van der Waals surface area contributed by atoms with Crippen molar-refractivity contribution in [1.82, 2.24) is 14.9 Å². The van der Waals surface area contributed by atoms with Gasteiger partial charge in [0.1, 0.15) is 16.3 Å². The highest BCUT2D eigenvalue weighted by molar-refractivity contribution is 7.17. The van der Waals surface area contributed by atoms with Gasteiger partial charge in [-0.15, -0.1) is 11.3 Å². The summed E-state index contributed by atoms with van der Waals surface area (Å²) in [5, 5.41) is 4.78. The Morgan fingerprint density at radius 2 is 2.17 bits per heavy atom. The van der Waals surface area contributed by atoms with Gasteiger partial charge in [0.25, 0.3) is 5.56 Å². The molecule has 1 aromatic carbocycles. The van der Waals surface area contributed by atoms with Gasteiger partial charge in [-0.05, 0) is 36.1 Å². The van der Waals surface area contributed by atoms with Crippen molar-refractivity contribution in [2.75, 3.05) is 44.8 Å². The van der Waals surface area contributed by atoms with Crippen LogP contribution >= 0.6 is 11.3 Å². The molecule has 3 aromatic rings. The van der Waals surface area contributed by atoms with Crippen molar-refractivity contribution in [1.29, 1.82) is 0 Å². The molecule has 0 unspecified atom stereocenters. The molecule has 0 spiro atoms. The second-order valence-corrected chi connectivity index (χ2v) is 7.96. The van der Waals surface area contributed by atoms with E-state index in [1.165, 1.54) is 11.3 Å². The average Bonchev–Trinajstić information content (AvgIpc) is 3.23. The Hall–Kier alpha value is -2.75. The fraction of sp³-hybridized carbons (Fsp3) is 0.381. The first kappa shape index (κ1) is 20.5. The lowest BCUT2D eigenvalue weighted by Gasteiger charge is -2.25. The van der Waals surface area contributed by atoms with Crippen LogP contribution in [0.5, 0.6) is 5.75 Å². The van der Waals surface area contributed by atoms with Gasteiger partial charge in [-0.1, -0.05) is 6.92 Å². The molecule has 1 amide bonds. The summed E-state index contributed by atoms with van der Waals surface area (Å²) >= 11 is 1.36. The van der Waals surface area contributed by atoms with Crippen LogP contribution in [-0.2, 0) is 9.53 Å². The molecule has 1 aliphatic heterocycles. The van der Waals surface area contributed by atoms with Crippen LogP contribution in [0.25, 0.3) is 21.6 Å². The maximum atomic E-state index is 12.5. The molecular weight excluding hydrogens is 404 g/mol. The monoisotopic (exact) mass is 428 g/mol. The van der Waals surface area contributed by atoms with E-state index in [4.69, 9.17) is 9.47 Å². The van der Waals surface area contributed by atoms with Crippen LogP contribution < -0.4 is 15.6 Å². The lowest BCUT2D eigenvalue weighted by Crippen LogP contribution is -2.41. The first-order valence-electron chi connectivity index (χ1n) is 9.98. The van der Waals surface area contributed by atoms with Gasteiger partial charge in [0, 0.05) is 18.8 Å². The first-order valence-corrected chi connectivity index (χ1v) is 10.9. The van der Waals surface area contributed by atoms with E-state index in [9.17, 15) is 9.59 Å². The molecule has 30 heavy (non-hydrogen) atoms. The number of H-pyrrole nitrogens is 1. The number of nitrogens with one attached hydrogen (secondary N) is 2. The standard InChI is InChI=1S/C21H24N4O4S/c1-2-8-29-17-4-3-14(22-18(26)13-25-6-9-28-10-7-25)12-15(17)20-23-16-5-11-30-19(16)21(27)24-20/h3-5,11-12H,2,6-10,13H2,1H3,(H,22,26)(H,23,24,27). The van der Waals surface area contributed by atoms with E-state index in [0.29, 0.717) is 59.4 Å². The van der Waals surface area contributed by atoms with Gasteiger partial charge in [-0.25, -0.2) is 4.98 Å². The molecule has 0 saturated carbocycles. The van der Waals surface area contributed by atoms with Crippen molar-refractivity contribution in [2.24, 2.45) is 0 Å². The van der Waals surface area contributed by atoms with Crippen LogP contribution in [0.4, 0.5) is 5.69 Å². The topological polar surface area (TPSA) is 96.5 Å². The van der Waals surface area contributed by atoms with E-state index in [1.54, 1.807) is 18.2 Å². The molecule has 1 aliphatic rings. The third kappa shape index (κ3) is 4.69. The highest BCUT2D eigenvalue weighted by atomic mass is 32.1. The molecule has 4 rings (SSSR count). The fourth-order valence-electron chi connectivity index (χ4n) is 3.29. The van der Waals surface area contributed by atoms with Crippen LogP contribution in [0.1, 0.15) is 13.3 Å². The van der Waals surface area contributed by atoms with Gasteiger partial charge in [-0.3, -0.25) is 14.5 Å². The highest BCUT2D eigenvalue weighted by Gasteiger charge is 2.16. The number of thiophene rings is 1. The predicted octanol–water partition coefficient (Wildman–Crippen LogP) is 2.71. The number of aromatic amines is 1. The molecule has 8 nitrogen and oxygen atoms in total. The second-order valence-electron chi connectivity index (χ2n) is 7.05. The second kappa shape index (κ2) is 9.38. The van der Waals surface area contributed by atoms with Crippen molar-refractivity contribution in [2.45, 2.75) is 13.3 Å². The maximum Gasteiger partial charge on any atom is 0.269 e. The van der Waals surface area contributed by atoms with Crippen molar-refractivity contribution < 1.29 is 14.3 Å². The smallest absolute Gasteiger partial charge is 0.269 e. The van der Waals surface area contributed by atoms with E-state index < -0.39 is 0 Å². The Balaban J connectivity index is 1.61. The fourth-order valence-corrected chi connectivity index (χ4v) is 4.02. The van der Waals surface area contributed by atoms with Crippen LogP contribution in [0.15, 0.2) is 34.4 Å². The molecular formula is C21H24N4O4S. The van der Waals surface area contributed by atoms with Crippen molar-refractivity contribution in [3.05, 3.63) is 40.0 Å². The molecule has 0 atom stereocenters. The van der Waals surface area contributed by atoms with Gasteiger partial charge in [0.2, 0.25) is 5.91 Å². The molecule has 1 fully saturated rings. The number of amides is 1. The Morgan fingerprint density at radius 1 is 1.33 bits per heavy atom. The molecule has 9 heteroatoms. The summed E-state index contributed by atoms with van der Waals surface area (Å²) in [7, 11) is 0. The predicted molar refractivity (Wildman–Crippen MR) is 117 cm³/mol. The molecule has 3 heterocycles. The molecule has 2 N–H and O–H groups in total. The Bertz CT molecular complexity index is 1090. The number of aromatic nitrogens is 2. The Labute approximate surface area is 177 Å². The van der Waals surface area contributed by atoms with Crippen molar-refractivity contribution >= 4 is 33.1 Å². The quantitative estimate of drug-likeness (QED) is 0.601. The third-order valence-corrected chi connectivity index (χ3v) is 5.67. The minimum atomic E-state index is -0.187. The van der Waals surface area contributed by atoms with Crippen LogP contribution in [-0.4, -0.2) is 60.2 Å². The SMILES string of the molecule is CCCOc1ccc(NC(=O)CN2CCOCC2)cc1-c1nc2ccsc2c(=O)[nH]1. The number of fused-ring (bicyclic) bond motifs is 1. The number of carbonyl (C=O) groups excluding carboxylic acids is 1. The van der Waals surface area contributed by atoms with Gasteiger partial charge < -0.3 is 19.8 Å². The number of rotatable bonds is 7. The summed E-state index contributed by atoms with van der Waals surface area (Å²) in [6.07, 6.45) is 0.852. The number of anilines is 1. The molecule has 0 aliphatic carbocycles. The summed E-state index contributed by atoms with van der Waals surface area (Å²) in [6.45, 7) is 5.65. The molecule has 1 saturated heterocycles. The number of carbonyl (C=O) groups is 1. The Morgan fingerprint density at radius 3 is 2.97 bits per heavy atom. The van der Waals surface area contributed by atoms with E-state index >= 15 is 0 Å². The number of nitrogens with zero attached hydrogens (tertiary/aromatic N) is 2. The zero-order chi connectivity index (χ0) is 20.9. The number of hydrogen-bond acceptors (Lipinski definition) is 7. The van der Waals surface area contributed by atoms with Gasteiger partial charge in [-0.2, -0.15) is 0 Å². The summed E-state index contributed by atoms with van der Waals surface area (Å²) in [4.78, 5) is 34.4. The maximum absolute atomic E-state index is 12.5. The minimum absolute atomic E-state index is 0.0974. The van der Waals surface area contributed by atoms with Crippen LogP contribution in [0.3, 0.4) is 0 Å². The average molecular weight is 429 g/mol.